The zero-order chi connectivity index (χ0) is 18.7. The first kappa shape index (κ1) is 20.2. The van der Waals surface area contributed by atoms with E-state index in [-0.39, 0.29) is 17.6 Å². The Hall–Kier alpha value is -1.16. The Labute approximate surface area is 154 Å². The van der Waals surface area contributed by atoms with Crippen molar-refractivity contribution in [1.29, 1.82) is 0 Å². The van der Waals surface area contributed by atoms with Gasteiger partial charge in [-0.05, 0) is 23.7 Å². The Morgan fingerprint density at radius 1 is 1.32 bits per heavy atom. The SMILES string of the molecule is C[Si](C)(C)CCOCn1ccc2c(NCCS(C)(=O)=O)nc(Cl)nc21. The van der Waals surface area contributed by atoms with Crippen LogP contribution in [-0.2, 0) is 21.3 Å². The first-order valence-electron chi connectivity index (χ1n) is 8.07. The number of halogens is 1. The van der Waals surface area contributed by atoms with Gasteiger partial charge in [0.2, 0.25) is 5.28 Å². The molecule has 0 atom stereocenters. The van der Waals surface area contributed by atoms with Crippen molar-refractivity contribution in [3.8, 4) is 0 Å². The van der Waals surface area contributed by atoms with Gasteiger partial charge in [0.05, 0.1) is 11.1 Å². The predicted octanol–water partition coefficient (Wildman–Crippen LogP) is 2.85. The molecular weight excluding hydrogens is 380 g/mol. The Kier molecular flexibility index (Phi) is 6.47. The summed E-state index contributed by atoms with van der Waals surface area (Å²) < 4.78 is 30.1. The predicted molar refractivity (Wildman–Crippen MR) is 105 cm³/mol. The topological polar surface area (TPSA) is 86.1 Å². The monoisotopic (exact) mass is 404 g/mol. The zero-order valence-electron chi connectivity index (χ0n) is 15.0. The van der Waals surface area contributed by atoms with E-state index in [9.17, 15) is 8.42 Å². The second-order valence-electron chi connectivity index (χ2n) is 7.27. The molecule has 1 N–H and O–H groups in total. The lowest BCUT2D eigenvalue weighted by Gasteiger charge is -2.15. The van der Waals surface area contributed by atoms with Crippen molar-refractivity contribution in [2.75, 3.05) is 30.5 Å². The minimum Gasteiger partial charge on any atom is -0.368 e. The van der Waals surface area contributed by atoms with E-state index in [4.69, 9.17) is 16.3 Å². The van der Waals surface area contributed by atoms with E-state index in [1.54, 1.807) is 0 Å². The van der Waals surface area contributed by atoms with Gasteiger partial charge in [0.15, 0.2) is 0 Å². The van der Waals surface area contributed by atoms with Gasteiger partial charge in [-0.25, -0.2) is 13.4 Å². The summed E-state index contributed by atoms with van der Waals surface area (Å²) in [7, 11) is -4.16. The molecule has 0 radical (unpaired) electrons. The largest absolute Gasteiger partial charge is 0.368 e. The molecule has 0 aliphatic heterocycles. The molecule has 10 heteroatoms. The highest BCUT2D eigenvalue weighted by atomic mass is 35.5. The van der Waals surface area contributed by atoms with E-state index in [1.165, 1.54) is 6.26 Å². The molecule has 0 aliphatic rings. The fourth-order valence-electron chi connectivity index (χ4n) is 2.17. The average molecular weight is 405 g/mol. The van der Waals surface area contributed by atoms with E-state index < -0.39 is 17.9 Å². The Morgan fingerprint density at radius 2 is 2.04 bits per heavy atom. The summed E-state index contributed by atoms with van der Waals surface area (Å²) in [6, 6.07) is 2.97. The number of aromatic nitrogens is 3. The summed E-state index contributed by atoms with van der Waals surface area (Å²) in [5.74, 6) is 0.552. The maximum atomic E-state index is 11.3. The number of nitrogens with zero attached hydrogens (tertiary/aromatic N) is 3. The molecule has 2 heterocycles. The normalized spacial score (nSPS) is 12.7. The van der Waals surface area contributed by atoms with Crippen LogP contribution in [0, 0.1) is 0 Å². The van der Waals surface area contributed by atoms with Crippen molar-refractivity contribution < 1.29 is 13.2 Å². The highest BCUT2D eigenvalue weighted by molar-refractivity contribution is 7.90. The Balaban J connectivity index is 2.08. The van der Waals surface area contributed by atoms with Crippen LogP contribution >= 0.6 is 11.6 Å². The van der Waals surface area contributed by atoms with Crippen molar-refractivity contribution in [1.82, 2.24) is 14.5 Å². The lowest BCUT2D eigenvalue weighted by molar-refractivity contribution is 0.0899. The summed E-state index contributed by atoms with van der Waals surface area (Å²) in [6.45, 7) is 8.30. The summed E-state index contributed by atoms with van der Waals surface area (Å²) in [5, 5.41) is 3.91. The van der Waals surface area contributed by atoms with Crippen LogP contribution in [-0.4, -0.2) is 56.2 Å². The average Bonchev–Trinajstić information content (AvgIpc) is 2.84. The third kappa shape index (κ3) is 6.57. The van der Waals surface area contributed by atoms with Crippen molar-refractivity contribution in [2.45, 2.75) is 32.4 Å². The molecule has 2 aromatic rings. The smallest absolute Gasteiger partial charge is 0.226 e. The highest BCUT2D eigenvalue weighted by Crippen LogP contribution is 2.23. The van der Waals surface area contributed by atoms with Gasteiger partial charge in [-0.2, -0.15) is 4.98 Å². The number of fused-ring (bicyclic) bond motifs is 1. The first-order valence-corrected chi connectivity index (χ1v) is 14.2. The van der Waals surface area contributed by atoms with Gasteiger partial charge >= 0.3 is 0 Å². The van der Waals surface area contributed by atoms with Crippen molar-refractivity contribution in [3.05, 3.63) is 17.5 Å². The number of rotatable bonds is 9. The summed E-state index contributed by atoms with van der Waals surface area (Å²) >= 11 is 6.01. The molecule has 0 aliphatic carbocycles. The highest BCUT2D eigenvalue weighted by Gasteiger charge is 2.14. The molecule has 2 rings (SSSR count). The van der Waals surface area contributed by atoms with Gasteiger partial charge in [-0.1, -0.05) is 19.6 Å². The molecule has 2 aromatic heterocycles. The van der Waals surface area contributed by atoms with Crippen molar-refractivity contribution >= 4 is 46.4 Å². The number of hydrogen-bond acceptors (Lipinski definition) is 6. The van der Waals surface area contributed by atoms with E-state index in [0.717, 1.165) is 11.4 Å². The second-order valence-corrected chi connectivity index (χ2v) is 15.5. The first-order chi connectivity index (χ1) is 11.6. The maximum absolute atomic E-state index is 11.3. The molecule has 0 amide bonds. The van der Waals surface area contributed by atoms with Crippen LogP contribution in [0.3, 0.4) is 0 Å². The van der Waals surface area contributed by atoms with Gasteiger partial charge in [0, 0.05) is 33.7 Å². The minimum atomic E-state index is -3.04. The summed E-state index contributed by atoms with van der Waals surface area (Å²) in [5.41, 5.74) is 0.662. The minimum absolute atomic E-state index is 0.0244. The number of ether oxygens (including phenoxy) is 1. The number of nitrogens with one attached hydrogen (secondary N) is 1. The van der Waals surface area contributed by atoms with E-state index in [2.05, 4.69) is 34.9 Å². The molecule has 7 nitrogen and oxygen atoms in total. The van der Waals surface area contributed by atoms with E-state index in [0.29, 0.717) is 24.8 Å². The van der Waals surface area contributed by atoms with Crippen LogP contribution in [0.4, 0.5) is 5.82 Å². The fourth-order valence-corrected chi connectivity index (χ4v) is 3.57. The maximum Gasteiger partial charge on any atom is 0.226 e. The van der Waals surface area contributed by atoms with Gasteiger partial charge < -0.3 is 14.6 Å². The number of hydrogen-bond donors (Lipinski definition) is 1. The quantitative estimate of drug-likeness (QED) is 0.393. The number of sulfone groups is 1. The third-order valence-corrected chi connectivity index (χ3v) is 6.40. The van der Waals surface area contributed by atoms with Crippen LogP contribution in [0.25, 0.3) is 11.0 Å². The summed E-state index contributed by atoms with van der Waals surface area (Å²) in [4.78, 5) is 8.43. The Morgan fingerprint density at radius 3 is 2.68 bits per heavy atom. The molecule has 0 spiro atoms. The zero-order valence-corrected chi connectivity index (χ0v) is 17.6. The Bertz CT molecular complexity index is 833. The molecule has 0 fully saturated rings. The molecular formula is C15H25ClN4O3SSi. The lowest BCUT2D eigenvalue weighted by atomic mass is 10.4. The van der Waals surface area contributed by atoms with E-state index >= 15 is 0 Å². The standard InChI is InChI=1S/C15H25ClN4O3SSi/c1-24(21,22)9-6-17-13-12-5-7-20(14(12)19-15(16)18-13)11-23-8-10-25(2,3)4/h5,7H,6,8-11H2,1-4H3,(H,17,18,19). The molecule has 25 heavy (non-hydrogen) atoms. The third-order valence-electron chi connectivity index (χ3n) is 3.58. The van der Waals surface area contributed by atoms with Crippen LogP contribution in [0.1, 0.15) is 0 Å². The van der Waals surface area contributed by atoms with Gasteiger partial charge in [0.25, 0.3) is 0 Å². The second kappa shape index (κ2) is 8.03. The molecule has 0 bridgehead atoms. The van der Waals surface area contributed by atoms with Gasteiger partial charge in [-0.3, -0.25) is 0 Å². The van der Waals surface area contributed by atoms with Gasteiger partial charge in [-0.15, -0.1) is 0 Å². The van der Waals surface area contributed by atoms with Crippen LogP contribution in [0.5, 0.6) is 0 Å². The molecule has 140 valence electrons. The van der Waals surface area contributed by atoms with Gasteiger partial charge in [0.1, 0.15) is 28.0 Å². The lowest BCUT2D eigenvalue weighted by Crippen LogP contribution is -2.22. The van der Waals surface area contributed by atoms with Crippen LogP contribution < -0.4 is 5.32 Å². The van der Waals surface area contributed by atoms with Crippen LogP contribution in [0.15, 0.2) is 12.3 Å². The molecule has 0 saturated heterocycles. The van der Waals surface area contributed by atoms with Crippen LogP contribution in [0.2, 0.25) is 31.0 Å². The fraction of sp³-hybridized carbons (Fsp3) is 0.600. The van der Waals surface area contributed by atoms with E-state index in [1.807, 2.05) is 16.8 Å². The molecule has 0 saturated carbocycles. The number of anilines is 1. The molecule has 0 aromatic carbocycles. The molecule has 0 unspecified atom stereocenters. The van der Waals surface area contributed by atoms with Crippen molar-refractivity contribution in [3.63, 3.8) is 0 Å². The van der Waals surface area contributed by atoms with Crippen molar-refractivity contribution in [2.24, 2.45) is 0 Å². The summed E-state index contributed by atoms with van der Waals surface area (Å²) in [6.07, 6.45) is 3.07.